The maximum absolute atomic E-state index is 13.4. The molecule has 12 heteroatoms. The maximum atomic E-state index is 13.4. The summed E-state index contributed by atoms with van der Waals surface area (Å²) in [4.78, 5) is 18.3. The molecule has 0 saturated heterocycles. The average Bonchev–Trinajstić information content (AvgIpc) is 3.30. The number of hydrogen-bond acceptors (Lipinski definition) is 7. The number of benzene rings is 2. The Labute approximate surface area is 236 Å². The molecule has 1 fully saturated rings. The second-order valence-electron chi connectivity index (χ2n) is 10.6. The smallest absolute Gasteiger partial charge is 0.420 e. The molecule has 2 N–H and O–H groups in total. The molecule has 1 amide bonds. The van der Waals surface area contributed by atoms with Crippen LogP contribution in [-0.2, 0) is 27.2 Å². The number of rotatable bonds is 10. The Morgan fingerprint density at radius 2 is 1.88 bits per heavy atom. The number of para-hydroxylation sites is 1. The zero-order valence-corrected chi connectivity index (χ0v) is 24.3. The fourth-order valence-corrected chi connectivity index (χ4v) is 7.16. The number of oxazole rings is 1. The predicted octanol–water partition coefficient (Wildman–Crippen LogP) is 5.48. The number of hydrogen-bond donors (Lipinski definition) is 2. The van der Waals surface area contributed by atoms with Crippen molar-refractivity contribution in [1.29, 1.82) is 0 Å². The lowest BCUT2D eigenvalue weighted by molar-refractivity contribution is -0.136. The Morgan fingerprint density at radius 1 is 1.15 bits per heavy atom. The van der Waals surface area contributed by atoms with Gasteiger partial charge in [-0.2, -0.15) is 13.2 Å². The minimum atomic E-state index is -4.62. The van der Waals surface area contributed by atoms with Gasteiger partial charge in [-0.15, -0.1) is 11.8 Å². The first-order valence-electron chi connectivity index (χ1n) is 13.2. The van der Waals surface area contributed by atoms with Gasteiger partial charge in [-0.3, -0.25) is 4.79 Å². The maximum Gasteiger partial charge on any atom is 0.420 e. The van der Waals surface area contributed by atoms with E-state index in [4.69, 9.17) is 4.42 Å². The number of fused-ring (bicyclic) bond motifs is 1. The largest absolute Gasteiger partial charge is 0.439 e. The lowest BCUT2D eigenvalue weighted by Gasteiger charge is -2.37. The molecule has 0 radical (unpaired) electrons. The van der Waals surface area contributed by atoms with Crippen LogP contribution in [0.4, 0.5) is 13.2 Å². The molecule has 1 aliphatic rings. The molecule has 3 aromatic rings. The van der Waals surface area contributed by atoms with Crippen LogP contribution in [0, 0.1) is 11.8 Å². The van der Waals surface area contributed by atoms with Gasteiger partial charge in [0.1, 0.15) is 17.5 Å². The summed E-state index contributed by atoms with van der Waals surface area (Å²) in [6.07, 6.45) is -1.16. The summed E-state index contributed by atoms with van der Waals surface area (Å²) in [6.45, 7) is 5.00. The van der Waals surface area contributed by atoms with E-state index in [-0.39, 0.29) is 40.4 Å². The van der Waals surface area contributed by atoms with Gasteiger partial charge in [0.05, 0.1) is 10.6 Å². The van der Waals surface area contributed by atoms with Crippen molar-refractivity contribution in [1.82, 2.24) is 15.6 Å². The predicted molar refractivity (Wildman–Crippen MR) is 149 cm³/mol. The average molecular weight is 598 g/mol. The molecular weight excluding hydrogens is 563 g/mol. The summed E-state index contributed by atoms with van der Waals surface area (Å²) in [5, 5.41) is 6.44. The SMILES string of the molecule is CSc1ccc(S(=O)(=O)CC2CC(NCC(C)C)CCC2NC(=O)Cc2nc3cccc(C(F)(F)F)c3o2)cc1. The Hall–Kier alpha value is -2.57. The van der Waals surface area contributed by atoms with Crippen LogP contribution in [0.25, 0.3) is 11.1 Å². The van der Waals surface area contributed by atoms with Gasteiger partial charge in [-0.05, 0) is 80.3 Å². The van der Waals surface area contributed by atoms with Gasteiger partial charge >= 0.3 is 6.18 Å². The number of carbonyl (C=O) groups is 1. The van der Waals surface area contributed by atoms with Gasteiger partial charge in [-0.25, -0.2) is 13.4 Å². The number of alkyl halides is 3. The van der Waals surface area contributed by atoms with Gasteiger partial charge in [-0.1, -0.05) is 19.9 Å². The molecule has 7 nitrogen and oxygen atoms in total. The van der Waals surface area contributed by atoms with E-state index in [0.29, 0.717) is 18.8 Å². The Balaban J connectivity index is 1.49. The molecule has 3 unspecified atom stereocenters. The summed E-state index contributed by atoms with van der Waals surface area (Å²) in [6, 6.07) is 10.00. The van der Waals surface area contributed by atoms with E-state index in [2.05, 4.69) is 29.5 Å². The molecule has 218 valence electrons. The van der Waals surface area contributed by atoms with Crippen LogP contribution in [0.5, 0.6) is 0 Å². The summed E-state index contributed by atoms with van der Waals surface area (Å²) < 4.78 is 72.1. The zero-order chi connectivity index (χ0) is 29.1. The molecule has 1 heterocycles. The van der Waals surface area contributed by atoms with E-state index in [0.717, 1.165) is 23.9 Å². The van der Waals surface area contributed by atoms with Crippen molar-refractivity contribution < 1.29 is 30.8 Å². The molecule has 0 bridgehead atoms. The highest BCUT2D eigenvalue weighted by Crippen LogP contribution is 2.35. The van der Waals surface area contributed by atoms with Gasteiger partial charge < -0.3 is 15.1 Å². The third-order valence-electron chi connectivity index (χ3n) is 7.07. The van der Waals surface area contributed by atoms with Crippen molar-refractivity contribution in [3.05, 3.63) is 53.9 Å². The highest BCUT2D eigenvalue weighted by molar-refractivity contribution is 7.98. The van der Waals surface area contributed by atoms with E-state index < -0.39 is 39.1 Å². The minimum Gasteiger partial charge on any atom is -0.439 e. The summed E-state index contributed by atoms with van der Waals surface area (Å²) in [5.74, 6) is -0.661. The van der Waals surface area contributed by atoms with Crippen molar-refractivity contribution in [2.45, 2.75) is 67.6 Å². The lowest BCUT2D eigenvalue weighted by atomic mass is 9.82. The van der Waals surface area contributed by atoms with Crippen molar-refractivity contribution in [2.75, 3.05) is 18.6 Å². The summed E-state index contributed by atoms with van der Waals surface area (Å²) in [5.41, 5.74) is -1.34. The Kier molecular flexibility index (Phi) is 9.51. The number of nitrogens with zero attached hydrogens (tertiary/aromatic N) is 1. The van der Waals surface area contributed by atoms with Crippen LogP contribution < -0.4 is 10.6 Å². The number of nitrogens with one attached hydrogen (secondary N) is 2. The van der Waals surface area contributed by atoms with Crippen LogP contribution in [0.2, 0.25) is 0 Å². The van der Waals surface area contributed by atoms with Gasteiger partial charge in [0.2, 0.25) is 11.8 Å². The first-order valence-corrected chi connectivity index (χ1v) is 16.1. The van der Waals surface area contributed by atoms with Gasteiger partial charge in [0, 0.05) is 17.0 Å². The molecule has 2 aromatic carbocycles. The van der Waals surface area contributed by atoms with Crippen molar-refractivity contribution in [3.8, 4) is 0 Å². The van der Waals surface area contributed by atoms with Crippen LogP contribution in [0.3, 0.4) is 0 Å². The highest BCUT2D eigenvalue weighted by atomic mass is 32.2. The first-order chi connectivity index (χ1) is 18.9. The topological polar surface area (TPSA) is 101 Å². The standard InChI is InChI=1S/C28H34F3N3O4S2/c1-17(2)15-32-19-7-12-23(18(13-19)16-40(36,37)21-10-8-20(39-3)9-11-21)33-25(35)14-26-34-24-6-4-5-22(27(24)38-26)28(29,30)31/h4-6,8-11,17-19,23,32H,7,12-16H2,1-3H3,(H,33,35). The number of thioether (sulfide) groups is 1. The number of carbonyl (C=O) groups excluding carboxylic acids is 1. The van der Waals surface area contributed by atoms with E-state index in [1.807, 2.05) is 6.26 Å². The fourth-order valence-electron chi connectivity index (χ4n) is 5.08. The summed E-state index contributed by atoms with van der Waals surface area (Å²) in [7, 11) is -3.63. The third-order valence-corrected chi connectivity index (χ3v) is 9.67. The van der Waals surface area contributed by atoms with E-state index in [9.17, 15) is 26.4 Å². The summed E-state index contributed by atoms with van der Waals surface area (Å²) >= 11 is 1.52. The number of aromatic nitrogens is 1. The molecule has 4 rings (SSSR count). The molecule has 1 saturated carbocycles. The van der Waals surface area contributed by atoms with Crippen molar-refractivity contribution >= 4 is 38.6 Å². The van der Waals surface area contributed by atoms with Crippen molar-refractivity contribution in [2.24, 2.45) is 11.8 Å². The number of halogens is 3. The molecule has 40 heavy (non-hydrogen) atoms. The molecule has 1 aliphatic carbocycles. The van der Waals surface area contributed by atoms with Gasteiger partial charge in [0.25, 0.3) is 0 Å². The highest BCUT2D eigenvalue weighted by Gasteiger charge is 2.36. The monoisotopic (exact) mass is 597 g/mol. The minimum absolute atomic E-state index is 0.0193. The lowest BCUT2D eigenvalue weighted by Crippen LogP contribution is -2.50. The van der Waals surface area contributed by atoms with Crippen LogP contribution in [0.15, 0.2) is 56.7 Å². The van der Waals surface area contributed by atoms with Gasteiger partial charge in [0.15, 0.2) is 15.4 Å². The van der Waals surface area contributed by atoms with Crippen LogP contribution in [0.1, 0.15) is 44.6 Å². The fraction of sp³-hybridized carbons (Fsp3) is 0.500. The Morgan fingerprint density at radius 3 is 2.52 bits per heavy atom. The second kappa shape index (κ2) is 12.5. The number of sulfone groups is 1. The van der Waals surface area contributed by atoms with E-state index in [1.165, 1.54) is 23.9 Å². The molecule has 0 aliphatic heterocycles. The quantitative estimate of drug-likeness (QED) is 0.298. The molecule has 1 aromatic heterocycles. The second-order valence-corrected chi connectivity index (χ2v) is 13.6. The Bertz CT molecular complexity index is 1420. The zero-order valence-electron chi connectivity index (χ0n) is 22.6. The van der Waals surface area contributed by atoms with E-state index >= 15 is 0 Å². The molecule has 0 spiro atoms. The number of amides is 1. The van der Waals surface area contributed by atoms with Crippen LogP contribution >= 0.6 is 11.8 Å². The van der Waals surface area contributed by atoms with Crippen molar-refractivity contribution in [3.63, 3.8) is 0 Å². The first kappa shape index (κ1) is 30.4. The van der Waals surface area contributed by atoms with E-state index in [1.54, 1.807) is 24.3 Å². The van der Waals surface area contributed by atoms with Crippen LogP contribution in [-0.4, -0.2) is 49.9 Å². The molecular formula is C28H34F3N3O4S2. The normalized spacial score (nSPS) is 20.2. The third kappa shape index (κ3) is 7.58. The molecule has 3 atom stereocenters.